The third-order valence-corrected chi connectivity index (χ3v) is 4.69. The van der Waals surface area contributed by atoms with E-state index in [2.05, 4.69) is 17.0 Å². The van der Waals surface area contributed by atoms with Crippen molar-refractivity contribution in [1.29, 1.82) is 5.26 Å². The number of nitrogens with zero attached hydrogens (tertiary/aromatic N) is 2. The van der Waals surface area contributed by atoms with Crippen LogP contribution in [0.5, 0.6) is 0 Å². The van der Waals surface area contributed by atoms with Gasteiger partial charge in [-0.05, 0) is 36.9 Å². The topological polar surface area (TPSA) is 47.3 Å². The third kappa shape index (κ3) is 1.59. The Morgan fingerprint density at radius 3 is 2.94 bits per heavy atom. The second-order valence-electron chi connectivity index (χ2n) is 4.70. The molecule has 2 atom stereocenters. The first-order valence-electron chi connectivity index (χ1n) is 6.07. The van der Waals surface area contributed by atoms with Crippen LogP contribution in [0.1, 0.15) is 18.9 Å². The van der Waals surface area contributed by atoms with Crippen LogP contribution in [-0.2, 0) is 0 Å². The van der Waals surface area contributed by atoms with Crippen LogP contribution >= 0.6 is 11.3 Å². The van der Waals surface area contributed by atoms with E-state index in [9.17, 15) is 5.11 Å². The Bertz CT molecular complexity index is 628. The van der Waals surface area contributed by atoms with E-state index >= 15 is 0 Å². The Balaban J connectivity index is 2.14. The summed E-state index contributed by atoms with van der Waals surface area (Å²) in [6.07, 6.45) is 0.557. The van der Waals surface area contributed by atoms with Crippen molar-refractivity contribution in [2.24, 2.45) is 0 Å². The van der Waals surface area contributed by atoms with Gasteiger partial charge in [-0.25, -0.2) is 0 Å². The van der Waals surface area contributed by atoms with E-state index < -0.39 is 0 Å². The molecule has 0 bridgehead atoms. The fraction of sp³-hybridized carbons (Fsp3) is 0.357. The van der Waals surface area contributed by atoms with Gasteiger partial charge in [0, 0.05) is 17.6 Å². The summed E-state index contributed by atoms with van der Waals surface area (Å²) in [5, 5.41) is 22.1. The van der Waals surface area contributed by atoms with Gasteiger partial charge in [-0.2, -0.15) is 5.26 Å². The summed E-state index contributed by atoms with van der Waals surface area (Å²) in [7, 11) is 0. The molecule has 1 aromatic carbocycles. The first kappa shape index (κ1) is 11.5. The van der Waals surface area contributed by atoms with Gasteiger partial charge in [0.25, 0.3) is 0 Å². The Morgan fingerprint density at radius 1 is 1.44 bits per heavy atom. The standard InChI is InChI=1S/C14H14N2OS/c1-9-13(17)4-6-16(9)12-3-2-10(8-15)14-11(12)5-7-18-14/h2-3,5,7,9,13,17H,4,6H2,1H3/t9-,13+/m1/s1. The highest BCUT2D eigenvalue weighted by Crippen LogP contribution is 2.36. The van der Waals surface area contributed by atoms with E-state index in [-0.39, 0.29) is 12.1 Å². The number of aliphatic hydroxyl groups is 1. The molecule has 1 aliphatic rings. The maximum absolute atomic E-state index is 9.86. The fourth-order valence-electron chi connectivity index (χ4n) is 2.65. The van der Waals surface area contributed by atoms with Crippen LogP contribution in [0.2, 0.25) is 0 Å². The van der Waals surface area contributed by atoms with Gasteiger partial charge in [-0.3, -0.25) is 0 Å². The molecule has 4 heteroatoms. The Morgan fingerprint density at radius 2 is 2.28 bits per heavy atom. The normalized spacial score (nSPS) is 23.5. The number of hydrogen-bond acceptors (Lipinski definition) is 4. The summed E-state index contributed by atoms with van der Waals surface area (Å²) in [5.41, 5.74) is 1.87. The predicted molar refractivity (Wildman–Crippen MR) is 74.0 cm³/mol. The average molecular weight is 258 g/mol. The lowest BCUT2D eigenvalue weighted by Crippen LogP contribution is -2.32. The number of nitriles is 1. The Kier molecular flexibility index (Phi) is 2.73. The van der Waals surface area contributed by atoms with Crippen LogP contribution in [0.4, 0.5) is 5.69 Å². The van der Waals surface area contributed by atoms with Crippen LogP contribution < -0.4 is 4.90 Å². The molecule has 1 saturated heterocycles. The molecule has 1 fully saturated rings. The Labute approximate surface area is 110 Å². The minimum atomic E-state index is -0.255. The number of hydrogen-bond donors (Lipinski definition) is 1. The zero-order valence-corrected chi connectivity index (χ0v) is 10.9. The minimum Gasteiger partial charge on any atom is -0.391 e. The van der Waals surface area contributed by atoms with E-state index in [1.807, 2.05) is 24.4 Å². The molecular formula is C14H14N2OS. The summed E-state index contributed by atoms with van der Waals surface area (Å²) in [6.45, 7) is 2.92. The molecule has 92 valence electrons. The monoisotopic (exact) mass is 258 g/mol. The molecule has 0 spiro atoms. The summed E-state index contributed by atoms with van der Waals surface area (Å²) in [4.78, 5) is 2.24. The summed E-state index contributed by atoms with van der Waals surface area (Å²) < 4.78 is 1.04. The molecule has 1 aliphatic heterocycles. The first-order valence-corrected chi connectivity index (χ1v) is 6.95. The van der Waals surface area contributed by atoms with Crippen molar-refractivity contribution in [1.82, 2.24) is 0 Å². The Hall–Kier alpha value is -1.57. The van der Waals surface area contributed by atoms with Gasteiger partial charge in [0.1, 0.15) is 6.07 Å². The first-order chi connectivity index (χ1) is 8.72. The van der Waals surface area contributed by atoms with Gasteiger partial charge in [0.05, 0.1) is 22.4 Å². The van der Waals surface area contributed by atoms with Crippen LogP contribution in [0, 0.1) is 11.3 Å². The molecule has 3 nitrogen and oxygen atoms in total. The molecule has 0 aliphatic carbocycles. The predicted octanol–water partition coefficient (Wildman–Crippen LogP) is 2.73. The molecule has 0 amide bonds. The average Bonchev–Trinajstić information content (AvgIpc) is 2.98. The van der Waals surface area contributed by atoms with Crippen LogP contribution in [0.25, 0.3) is 10.1 Å². The highest BCUT2D eigenvalue weighted by atomic mass is 32.1. The zero-order valence-electron chi connectivity index (χ0n) is 10.1. The molecule has 0 unspecified atom stereocenters. The molecule has 3 rings (SSSR count). The van der Waals surface area contributed by atoms with Gasteiger partial charge in [0.15, 0.2) is 0 Å². The number of anilines is 1. The number of thiophene rings is 1. The van der Waals surface area contributed by atoms with Crippen molar-refractivity contribution in [2.45, 2.75) is 25.5 Å². The lowest BCUT2D eigenvalue weighted by Gasteiger charge is -2.25. The maximum Gasteiger partial charge on any atom is 0.101 e. The fourth-order valence-corrected chi connectivity index (χ4v) is 3.53. The van der Waals surface area contributed by atoms with Crippen molar-refractivity contribution in [3.63, 3.8) is 0 Å². The molecule has 1 N–H and O–H groups in total. The molecule has 2 aromatic rings. The van der Waals surface area contributed by atoms with Crippen molar-refractivity contribution in [3.8, 4) is 6.07 Å². The molecule has 18 heavy (non-hydrogen) atoms. The summed E-state index contributed by atoms with van der Waals surface area (Å²) >= 11 is 1.60. The second kappa shape index (κ2) is 4.27. The van der Waals surface area contributed by atoms with Gasteiger partial charge < -0.3 is 10.0 Å². The van der Waals surface area contributed by atoms with Crippen molar-refractivity contribution < 1.29 is 5.11 Å². The van der Waals surface area contributed by atoms with Crippen LogP contribution in [0.15, 0.2) is 23.6 Å². The van der Waals surface area contributed by atoms with Crippen molar-refractivity contribution in [3.05, 3.63) is 29.1 Å². The second-order valence-corrected chi connectivity index (χ2v) is 5.61. The van der Waals surface area contributed by atoms with Gasteiger partial charge in [0.2, 0.25) is 0 Å². The van der Waals surface area contributed by atoms with Crippen molar-refractivity contribution in [2.75, 3.05) is 11.4 Å². The van der Waals surface area contributed by atoms with Crippen molar-refractivity contribution >= 4 is 27.1 Å². The number of rotatable bonds is 1. The van der Waals surface area contributed by atoms with Gasteiger partial charge >= 0.3 is 0 Å². The van der Waals surface area contributed by atoms with E-state index in [4.69, 9.17) is 5.26 Å². The highest BCUT2D eigenvalue weighted by Gasteiger charge is 2.30. The van der Waals surface area contributed by atoms with E-state index in [0.29, 0.717) is 0 Å². The minimum absolute atomic E-state index is 0.140. The molecule has 0 saturated carbocycles. The molecular weight excluding hydrogens is 244 g/mol. The highest BCUT2D eigenvalue weighted by molar-refractivity contribution is 7.17. The molecule has 0 radical (unpaired) electrons. The van der Waals surface area contributed by atoms with Crippen LogP contribution in [0.3, 0.4) is 0 Å². The van der Waals surface area contributed by atoms with Gasteiger partial charge in [-0.1, -0.05) is 0 Å². The SMILES string of the molecule is C[C@@H]1[C@@H](O)CCN1c1ccc(C#N)c2sccc12. The third-order valence-electron chi connectivity index (χ3n) is 3.74. The van der Waals surface area contributed by atoms with E-state index in [1.165, 1.54) is 0 Å². The van der Waals surface area contributed by atoms with Gasteiger partial charge in [-0.15, -0.1) is 11.3 Å². The largest absolute Gasteiger partial charge is 0.391 e. The lowest BCUT2D eigenvalue weighted by molar-refractivity contribution is 0.170. The zero-order chi connectivity index (χ0) is 12.7. The molecule has 2 heterocycles. The number of fused-ring (bicyclic) bond motifs is 1. The maximum atomic E-state index is 9.86. The number of benzene rings is 1. The summed E-state index contributed by atoms with van der Waals surface area (Å²) in [6, 6.07) is 8.32. The van der Waals surface area contributed by atoms with E-state index in [0.717, 1.165) is 34.3 Å². The summed E-state index contributed by atoms with van der Waals surface area (Å²) in [5.74, 6) is 0. The lowest BCUT2D eigenvalue weighted by atomic mass is 10.1. The quantitative estimate of drug-likeness (QED) is 0.855. The number of aliphatic hydroxyl groups excluding tert-OH is 1. The smallest absolute Gasteiger partial charge is 0.101 e. The molecule has 1 aromatic heterocycles. The van der Waals surface area contributed by atoms with Crippen LogP contribution in [-0.4, -0.2) is 23.8 Å². The van der Waals surface area contributed by atoms with E-state index in [1.54, 1.807) is 11.3 Å².